The van der Waals surface area contributed by atoms with Gasteiger partial charge in [-0.3, -0.25) is 0 Å². The van der Waals surface area contributed by atoms with E-state index in [1.165, 1.54) is 0 Å². The van der Waals surface area contributed by atoms with Crippen molar-refractivity contribution >= 4 is 0 Å². The zero-order valence-corrected chi connectivity index (χ0v) is 6.71. The molecule has 0 bridgehead atoms. The second-order valence-electron chi connectivity index (χ2n) is 3.22. The number of rotatable bonds is 2. The van der Waals surface area contributed by atoms with E-state index in [4.69, 9.17) is 4.74 Å². The Balaban J connectivity index is 2.26. The third kappa shape index (κ3) is 1.96. The molecule has 1 fully saturated rings. The van der Waals surface area contributed by atoms with Gasteiger partial charge in [0.1, 0.15) is 0 Å². The summed E-state index contributed by atoms with van der Waals surface area (Å²) in [6, 6.07) is 0. The summed E-state index contributed by atoms with van der Waals surface area (Å²) >= 11 is 0. The number of aliphatic hydroxyl groups excluding tert-OH is 1. The van der Waals surface area contributed by atoms with Gasteiger partial charge in [0.05, 0.1) is 18.3 Å². The first-order chi connectivity index (χ1) is 4.70. The van der Waals surface area contributed by atoms with Gasteiger partial charge in [-0.1, -0.05) is 0 Å². The molecule has 2 heteroatoms. The Morgan fingerprint density at radius 3 is 2.50 bits per heavy atom. The fraction of sp³-hybridized carbons (Fsp3) is 1.00. The zero-order valence-electron chi connectivity index (χ0n) is 6.71. The van der Waals surface area contributed by atoms with Crippen molar-refractivity contribution in [2.75, 3.05) is 0 Å². The van der Waals surface area contributed by atoms with E-state index in [0.29, 0.717) is 0 Å². The van der Waals surface area contributed by atoms with Gasteiger partial charge >= 0.3 is 0 Å². The third-order valence-electron chi connectivity index (χ3n) is 1.86. The summed E-state index contributed by atoms with van der Waals surface area (Å²) in [5.41, 5.74) is 0. The predicted octanol–water partition coefficient (Wildman–Crippen LogP) is 1.32. The van der Waals surface area contributed by atoms with E-state index in [-0.39, 0.29) is 18.3 Å². The lowest BCUT2D eigenvalue weighted by molar-refractivity contribution is -0.0481. The van der Waals surface area contributed by atoms with Crippen molar-refractivity contribution in [2.45, 2.75) is 51.4 Å². The maximum Gasteiger partial charge on any atom is 0.0837 e. The van der Waals surface area contributed by atoms with Crippen molar-refractivity contribution in [1.29, 1.82) is 0 Å². The van der Waals surface area contributed by atoms with Crippen LogP contribution in [0.5, 0.6) is 0 Å². The van der Waals surface area contributed by atoms with Crippen LogP contribution in [0.15, 0.2) is 0 Å². The van der Waals surface area contributed by atoms with Gasteiger partial charge in [0, 0.05) is 0 Å². The number of hydrogen-bond acceptors (Lipinski definition) is 2. The minimum atomic E-state index is -0.206. The van der Waals surface area contributed by atoms with Gasteiger partial charge in [-0.2, -0.15) is 0 Å². The SMILES string of the molecule is CC(C)O[C@@H]1CCC[C@H]1O. The van der Waals surface area contributed by atoms with Crippen molar-refractivity contribution in [3.8, 4) is 0 Å². The maximum atomic E-state index is 9.31. The molecule has 2 nitrogen and oxygen atoms in total. The molecular formula is C8H16O2. The van der Waals surface area contributed by atoms with Gasteiger partial charge in [0.25, 0.3) is 0 Å². The van der Waals surface area contributed by atoms with Gasteiger partial charge in [0.2, 0.25) is 0 Å². The fourth-order valence-electron chi connectivity index (χ4n) is 1.41. The molecule has 10 heavy (non-hydrogen) atoms. The summed E-state index contributed by atoms with van der Waals surface area (Å²) in [7, 11) is 0. The van der Waals surface area contributed by atoms with Crippen molar-refractivity contribution in [1.82, 2.24) is 0 Å². The van der Waals surface area contributed by atoms with Crippen LogP contribution in [0.2, 0.25) is 0 Å². The van der Waals surface area contributed by atoms with Crippen LogP contribution in [0, 0.1) is 0 Å². The number of aliphatic hydroxyl groups is 1. The van der Waals surface area contributed by atoms with E-state index in [1.807, 2.05) is 13.8 Å². The second-order valence-corrected chi connectivity index (χ2v) is 3.22. The van der Waals surface area contributed by atoms with Crippen LogP contribution in [-0.4, -0.2) is 23.4 Å². The molecule has 1 aliphatic rings. The van der Waals surface area contributed by atoms with Crippen LogP contribution in [0.25, 0.3) is 0 Å². The molecule has 2 atom stereocenters. The molecule has 1 N–H and O–H groups in total. The van der Waals surface area contributed by atoms with Crippen molar-refractivity contribution < 1.29 is 9.84 Å². The Labute approximate surface area is 62.2 Å². The molecule has 0 aromatic rings. The van der Waals surface area contributed by atoms with E-state index >= 15 is 0 Å². The van der Waals surface area contributed by atoms with Crippen LogP contribution in [-0.2, 0) is 4.74 Å². The molecule has 0 heterocycles. The lowest BCUT2D eigenvalue weighted by Crippen LogP contribution is -2.25. The molecule has 60 valence electrons. The Bertz CT molecular complexity index is 101. The minimum absolute atomic E-state index is 0.111. The first kappa shape index (κ1) is 8.02. The molecule has 0 aromatic carbocycles. The molecule has 0 aliphatic heterocycles. The zero-order chi connectivity index (χ0) is 7.56. The Morgan fingerprint density at radius 1 is 1.40 bits per heavy atom. The summed E-state index contributed by atoms with van der Waals surface area (Å²) in [5, 5.41) is 9.31. The van der Waals surface area contributed by atoms with Crippen LogP contribution < -0.4 is 0 Å². The van der Waals surface area contributed by atoms with Gasteiger partial charge in [-0.25, -0.2) is 0 Å². The summed E-state index contributed by atoms with van der Waals surface area (Å²) in [4.78, 5) is 0. The van der Waals surface area contributed by atoms with Gasteiger partial charge in [-0.05, 0) is 33.1 Å². The molecule has 1 aliphatic carbocycles. The highest BCUT2D eigenvalue weighted by atomic mass is 16.5. The van der Waals surface area contributed by atoms with Gasteiger partial charge < -0.3 is 9.84 Å². The lowest BCUT2D eigenvalue weighted by Gasteiger charge is -2.17. The fourth-order valence-corrected chi connectivity index (χ4v) is 1.41. The van der Waals surface area contributed by atoms with Crippen LogP contribution in [0.4, 0.5) is 0 Å². The average Bonchev–Trinajstić information content (AvgIpc) is 2.15. The molecule has 0 spiro atoms. The van der Waals surface area contributed by atoms with Gasteiger partial charge in [-0.15, -0.1) is 0 Å². The van der Waals surface area contributed by atoms with E-state index in [9.17, 15) is 5.11 Å². The van der Waals surface area contributed by atoms with Crippen LogP contribution in [0.3, 0.4) is 0 Å². The highest BCUT2D eigenvalue weighted by Crippen LogP contribution is 2.22. The highest BCUT2D eigenvalue weighted by molar-refractivity contribution is 4.77. The quantitative estimate of drug-likeness (QED) is 0.633. The van der Waals surface area contributed by atoms with Crippen molar-refractivity contribution in [3.05, 3.63) is 0 Å². The Kier molecular flexibility index (Phi) is 2.69. The smallest absolute Gasteiger partial charge is 0.0837 e. The molecule has 0 saturated heterocycles. The second kappa shape index (κ2) is 3.35. The summed E-state index contributed by atoms with van der Waals surface area (Å²) in [5.74, 6) is 0. The maximum absolute atomic E-state index is 9.31. The largest absolute Gasteiger partial charge is 0.390 e. The standard InChI is InChI=1S/C8H16O2/c1-6(2)10-8-5-3-4-7(8)9/h6-9H,3-5H2,1-2H3/t7-,8-/m1/s1. The summed E-state index contributed by atoms with van der Waals surface area (Å²) < 4.78 is 5.47. The lowest BCUT2D eigenvalue weighted by atomic mass is 10.2. The summed E-state index contributed by atoms with van der Waals surface area (Å²) in [6.07, 6.45) is 3.20. The number of ether oxygens (including phenoxy) is 1. The average molecular weight is 144 g/mol. The van der Waals surface area contributed by atoms with E-state index in [1.54, 1.807) is 0 Å². The molecule has 1 saturated carbocycles. The Morgan fingerprint density at radius 2 is 2.10 bits per heavy atom. The highest BCUT2D eigenvalue weighted by Gasteiger charge is 2.26. The van der Waals surface area contributed by atoms with Crippen LogP contribution >= 0.6 is 0 Å². The Hall–Kier alpha value is -0.0800. The molecule has 0 amide bonds. The van der Waals surface area contributed by atoms with E-state index in [2.05, 4.69) is 0 Å². The topological polar surface area (TPSA) is 29.5 Å². The minimum Gasteiger partial charge on any atom is -0.390 e. The third-order valence-corrected chi connectivity index (χ3v) is 1.86. The first-order valence-electron chi connectivity index (χ1n) is 4.03. The van der Waals surface area contributed by atoms with Gasteiger partial charge in [0.15, 0.2) is 0 Å². The van der Waals surface area contributed by atoms with Crippen molar-refractivity contribution in [2.24, 2.45) is 0 Å². The van der Waals surface area contributed by atoms with Crippen LogP contribution in [0.1, 0.15) is 33.1 Å². The first-order valence-corrected chi connectivity index (χ1v) is 4.03. The molecular weight excluding hydrogens is 128 g/mol. The van der Waals surface area contributed by atoms with E-state index in [0.717, 1.165) is 19.3 Å². The predicted molar refractivity (Wildman–Crippen MR) is 39.9 cm³/mol. The molecule has 0 aromatic heterocycles. The molecule has 1 rings (SSSR count). The van der Waals surface area contributed by atoms with E-state index < -0.39 is 0 Å². The normalized spacial score (nSPS) is 33.6. The number of hydrogen-bond donors (Lipinski definition) is 1. The van der Waals surface area contributed by atoms with Crippen molar-refractivity contribution in [3.63, 3.8) is 0 Å². The molecule has 0 unspecified atom stereocenters. The monoisotopic (exact) mass is 144 g/mol. The molecule has 0 radical (unpaired) electrons. The summed E-state index contributed by atoms with van der Waals surface area (Å²) in [6.45, 7) is 4.01.